The number of hydrogen-bond acceptors (Lipinski definition) is 6. The Hall–Kier alpha value is -1.09. The van der Waals surface area contributed by atoms with Crippen LogP contribution in [0.2, 0.25) is 0 Å². The van der Waals surface area contributed by atoms with Gasteiger partial charge >= 0.3 is 0 Å². The van der Waals surface area contributed by atoms with Crippen LogP contribution < -0.4 is 4.90 Å². The lowest BCUT2D eigenvalue weighted by molar-refractivity contribution is 0.424. The minimum absolute atomic E-state index is 0.386. The predicted octanol–water partition coefficient (Wildman–Crippen LogP) is 3.93. The molecule has 0 atom stereocenters. The fourth-order valence-electron chi connectivity index (χ4n) is 3.53. The molecule has 0 bridgehead atoms. The molecule has 2 fully saturated rings. The maximum absolute atomic E-state index is 12.9. The Morgan fingerprint density at radius 3 is 2.22 bits per heavy atom. The van der Waals surface area contributed by atoms with Crippen LogP contribution in [0.25, 0.3) is 11.3 Å². The van der Waals surface area contributed by atoms with Crippen LogP contribution in [-0.2, 0) is 10.0 Å². The second-order valence-corrected chi connectivity index (χ2v) is 11.0. The van der Waals surface area contributed by atoms with Gasteiger partial charge in [-0.05, 0) is 25.0 Å². The van der Waals surface area contributed by atoms with Gasteiger partial charge in [0.1, 0.15) is 0 Å². The van der Waals surface area contributed by atoms with E-state index in [2.05, 4.69) is 10.3 Å². The smallest absolute Gasteiger partial charge is 0.243 e. The second kappa shape index (κ2) is 8.51. The van der Waals surface area contributed by atoms with E-state index in [0.717, 1.165) is 66.7 Å². The minimum atomic E-state index is -3.39. The lowest BCUT2D eigenvalue weighted by Crippen LogP contribution is -2.32. The number of nitrogens with zero attached hydrogens (tertiary/aromatic N) is 3. The molecule has 146 valence electrons. The molecule has 0 unspecified atom stereocenters. The average Bonchev–Trinajstić information content (AvgIpc) is 3.03. The summed E-state index contributed by atoms with van der Waals surface area (Å²) in [4.78, 5) is 7.50. The summed E-state index contributed by atoms with van der Waals surface area (Å²) in [5.41, 5.74) is 1.89. The number of aromatic nitrogens is 1. The van der Waals surface area contributed by atoms with Gasteiger partial charge in [0.25, 0.3) is 0 Å². The van der Waals surface area contributed by atoms with Crippen LogP contribution in [0.3, 0.4) is 0 Å². The van der Waals surface area contributed by atoms with E-state index in [1.54, 1.807) is 27.8 Å². The van der Waals surface area contributed by atoms with E-state index in [9.17, 15) is 8.42 Å². The van der Waals surface area contributed by atoms with Gasteiger partial charge in [-0.1, -0.05) is 25.0 Å². The maximum Gasteiger partial charge on any atom is 0.243 e. The van der Waals surface area contributed by atoms with Gasteiger partial charge in [-0.2, -0.15) is 16.1 Å². The van der Waals surface area contributed by atoms with Crippen LogP contribution in [0.4, 0.5) is 5.13 Å². The molecule has 2 aromatic rings. The summed E-state index contributed by atoms with van der Waals surface area (Å²) in [5, 5.41) is 3.13. The molecule has 0 amide bonds. The highest BCUT2D eigenvalue weighted by atomic mass is 32.2. The highest BCUT2D eigenvalue weighted by molar-refractivity contribution is 7.99. The Labute approximate surface area is 169 Å². The van der Waals surface area contributed by atoms with Crippen LogP contribution in [-0.4, -0.2) is 55.4 Å². The first kappa shape index (κ1) is 19.2. The first-order chi connectivity index (χ1) is 13.1. The second-order valence-electron chi connectivity index (χ2n) is 6.96. The largest absolute Gasteiger partial charge is 0.346 e. The molecule has 0 N–H and O–H groups in total. The summed E-state index contributed by atoms with van der Waals surface area (Å²) in [6.07, 6.45) is 4.14. The van der Waals surface area contributed by atoms with E-state index in [4.69, 9.17) is 4.98 Å². The quantitative estimate of drug-likeness (QED) is 0.746. The molecule has 2 saturated heterocycles. The van der Waals surface area contributed by atoms with Crippen LogP contribution in [0.5, 0.6) is 0 Å². The molecule has 1 aromatic carbocycles. The van der Waals surface area contributed by atoms with Crippen LogP contribution >= 0.6 is 23.1 Å². The number of thioether (sulfide) groups is 1. The fourth-order valence-corrected chi connectivity index (χ4v) is 6.83. The third-order valence-electron chi connectivity index (χ3n) is 5.13. The predicted molar refractivity (Wildman–Crippen MR) is 114 cm³/mol. The van der Waals surface area contributed by atoms with E-state index in [1.807, 2.05) is 23.9 Å². The van der Waals surface area contributed by atoms with Gasteiger partial charge in [0, 0.05) is 48.6 Å². The van der Waals surface area contributed by atoms with Crippen molar-refractivity contribution in [2.24, 2.45) is 0 Å². The van der Waals surface area contributed by atoms with Crippen LogP contribution in [0.1, 0.15) is 25.7 Å². The Morgan fingerprint density at radius 1 is 0.889 bits per heavy atom. The molecule has 1 aromatic heterocycles. The summed E-state index contributed by atoms with van der Waals surface area (Å²) in [5.74, 6) is 2.30. The minimum Gasteiger partial charge on any atom is -0.346 e. The van der Waals surface area contributed by atoms with E-state index >= 15 is 0 Å². The number of benzene rings is 1. The van der Waals surface area contributed by atoms with Crippen LogP contribution in [0.15, 0.2) is 34.5 Å². The van der Waals surface area contributed by atoms with Gasteiger partial charge in [-0.3, -0.25) is 0 Å². The Morgan fingerprint density at radius 2 is 1.56 bits per heavy atom. The number of anilines is 1. The Balaban J connectivity index is 1.51. The van der Waals surface area contributed by atoms with Gasteiger partial charge in [0.2, 0.25) is 10.0 Å². The highest BCUT2D eigenvalue weighted by Gasteiger charge is 2.25. The van der Waals surface area contributed by atoms with Gasteiger partial charge in [-0.25, -0.2) is 13.4 Å². The van der Waals surface area contributed by atoms with E-state index < -0.39 is 10.0 Å². The molecule has 0 spiro atoms. The molecule has 5 nitrogen and oxygen atoms in total. The molecule has 0 radical (unpaired) electrons. The summed E-state index contributed by atoms with van der Waals surface area (Å²) < 4.78 is 27.4. The fraction of sp³-hybridized carbons (Fsp3) is 0.526. The topological polar surface area (TPSA) is 53.5 Å². The highest BCUT2D eigenvalue weighted by Crippen LogP contribution is 2.30. The van der Waals surface area contributed by atoms with Crippen molar-refractivity contribution in [2.75, 3.05) is 42.6 Å². The molecule has 3 heterocycles. The first-order valence-electron chi connectivity index (χ1n) is 9.53. The Kier molecular flexibility index (Phi) is 6.06. The van der Waals surface area contributed by atoms with Crippen molar-refractivity contribution in [3.05, 3.63) is 29.6 Å². The van der Waals surface area contributed by atoms with E-state index in [-0.39, 0.29) is 0 Å². The molecule has 0 saturated carbocycles. The first-order valence-corrected chi connectivity index (χ1v) is 13.0. The maximum atomic E-state index is 12.9. The molecule has 2 aliphatic rings. The third kappa shape index (κ3) is 4.34. The molecule has 0 aliphatic carbocycles. The van der Waals surface area contributed by atoms with Crippen molar-refractivity contribution < 1.29 is 8.42 Å². The van der Waals surface area contributed by atoms with Crippen molar-refractivity contribution >= 4 is 38.3 Å². The zero-order valence-corrected chi connectivity index (χ0v) is 17.8. The van der Waals surface area contributed by atoms with Crippen molar-refractivity contribution in [2.45, 2.75) is 30.6 Å². The number of rotatable bonds is 4. The molecular weight excluding hydrogens is 398 g/mol. The van der Waals surface area contributed by atoms with Crippen molar-refractivity contribution in [1.29, 1.82) is 0 Å². The monoisotopic (exact) mass is 423 g/mol. The van der Waals surface area contributed by atoms with Gasteiger partial charge in [-0.15, -0.1) is 11.3 Å². The van der Waals surface area contributed by atoms with Gasteiger partial charge < -0.3 is 4.90 Å². The molecule has 8 heteroatoms. The lowest BCUT2D eigenvalue weighted by Gasteiger charge is -2.25. The number of thiazole rings is 1. The molecule has 27 heavy (non-hydrogen) atoms. The molecular formula is C19H25N3O2S3. The lowest BCUT2D eigenvalue weighted by atomic mass is 10.2. The summed E-state index contributed by atoms with van der Waals surface area (Å²) in [7, 11) is -3.39. The zero-order chi connectivity index (χ0) is 18.7. The Bertz CT molecular complexity index is 851. The van der Waals surface area contributed by atoms with Crippen molar-refractivity contribution in [3.63, 3.8) is 0 Å². The SMILES string of the molecule is O=S(=O)(c1ccc(-c2csc(N3CCSCC3)n2)cc1)N1CCCCCC1. The average molecular weight is 424 g/mol. The summed E-state index contributed by atoms with van der Waals surface area (Å²) >= 11 is 3.65. The third-order valence-corrected chi connectivity index (χ3v) is 8.88. The zero-order valence-electron chi connectivity index (χ0n) is 15.3. The van der Waals surface area contributed by atoms with E-state index in [1.165, 1.54) is 0 Å². The van der Waals surface area contributed by atoms with Gasteiger partial charge in [0.05, 0.1) is 10.6 Å². The van der Waals surface area contributed by atoms with Crippen molar-refractivity contribution in [1.82, 2.24) is 9.29 Å². The van der Waals surface area contributed by atoms with Crippen LogP contribution in [0, 0.1) is 0 Å². The standard InChI is InChI=1S/C19H25N3O2S3/c23-27(24,22-9-3-1-2-4-10-22)17-7-5-16(6-8-17)18-15-26-19(20-18)21-11-13-25-14-12-21/h5-8,15H,1-4,9-14H2. The molecule has 2 aliphatic heterocycles. The number of sulfonamides is 1. The van der Waals surface area contributed by atoms with E-state index in [0.29, 0.717) is 18.0 Å². The van der Waals surface area contributed by atoms with Gasteiger partial charge in [0.15, 0.2) is 5.13 Å². The number of hydrogen-bond donors (Lipinski definition) is 0. The normalized spacial score (nSPS) is 19.8. The summed E-state index contributed by atoms with van der Waals surface area (Å²) in [6.45, 7) is 3.36. The molecule has 4 rings (SSSR count). The summed E-state index contributed by atoms with van der Waals surface area (Å²) in [6, 6.07) is 7.23. The van der Waals surface area contributed by atoms with Crippen molar-refractivity contribution in [3.8, 4) is 11.3 Å².